The van der Waals surface area contributed by atoms with Gasteiger partial charge in [-0.15, -0.1) is 0 Å². The summed E-state index contributed by atoms with van der Waals surface area (Å²) in [4.78, 5) is 7.62. The molecule has 3 nitrogen and oxygen atoms in total. The van der Waals surface area contributed by atoms with Gasteiger partial charge >= 0.3 is 0 Å². The lowest BCUT2D eigenvalue weighted by atomic mass is 10.1. The van der Waals surface area contributed by atoms with E-state index < -0.39 is 0 Å². The molecule has 5 heteroatoms. The monoisotopic (exact) mass is 327 g/mol. The second kappa shape index (κ2) is 5.84. The van der Waals surface area contributed by atoms with E-state index >= 15 is 0 Å². The molecule has 108 valence electrons. The van der Waals surface area contributed by atoms with Crippen molar-refractivity contribution in [3.63, 3.8) is 0 Å². The molecule has 2 aromatic carbocycles. The van der Waals surface area contributed by atoms with E-state index in [0.29, 0.717) is 21.4 Å². The van der Waals surface area contributed by atoms with Crippen LogP contribution in [0.3, 0.4) is 0 Å². The maximum atomic E-state index is 9.42. The van der Waals surface area contributed by atoms with Gasteiger partial charge < -0.3 is 4.98 Å². The van der Waals surface area contributed by atoms with E-state index in [-0.39, 0.29) is 0 Å². The Hall–Kier alpha value is -2.28. The van der Waals surface area contributed by atoms with Gasteiger partial charge in [-0.2, -0.15) is 5.26 Å². The molecule has 3 aromatic rings. The molecule has 0 spiro atoms. The molecule has 0 saturated heterocycles. The average Bonchev–Trinajstić information content (AvgIpc) is 2.89. The number of allylic oxidation sites excluding steroid dienone is 1. The fourth-order valence-electron chi connectivity index (χ4n) is 2.18. The molecular weight excluding hydrogens is 317 g/mol. The minimum atomic E-state index is 0.415. The number of fused-ring (bicyclic) bond motifs is 1. The summed E-state index contributed by atoms with van der Waals surface area (Å²) in [5.74, 6) is 0.522. The van der Waals surface area contributed by atoms with Crippen molar-refractivity contribution in [1.82, 2.24) is 9.97 Å². The lowest BCUT2D eigenvalue weighted by Gasteiger charge is -2.00. The zero-order valence-electron chi connectivity index (χ0n) is 11.7. The Kier molecular flexibility index (Phi) is 3.89. The maximum Gasteiger partial charge on any atom is 0.149 e. The van der Waals surface area contributed by atoms with E-state index in [4.69, 9.17) is 23.2 Å². The van der Waals surface area contributed by atoms with Gasteiger partial charge in [0.25, 0.3) is 0 Å². The molecule has 1 N–H and O–H groups in total. The molecular formula is C17H11Cl2N3. The number of hydrogen-bond acceptors (Lipinski definition) is 2. The van der Waals surface area contributed by atoms with Crippen molar-refractivity contribution >= 4 is 45.9 Å². The summed E-state index contributed by atoms with van der Waals surface area (Å²) in [6, 6.07) is 13.2. The highest BCUT2D eigenvalue weighted by atomic mass is 35.5. The summed E-state index contributed by atoms with van der Waals surface area (Å²) < 4.78 is 0. The molecule has 1 heterocycles. The van der Waals surface area contributed by atoms with Gasteiger partial charge in [-0.05, 0) is 48.4 Å². The third-order valence-corrected chi connectivity index (χ3v) is 3.84. The molecule has 0 bridgehead atoms. The van der Waals surface area contributed by atoms with Crippen molar-refractivity contribution in [1.29, 1.82) is 5.26 Å². The topological polar surface area (TPSA) is 52.5 Å². The van der Waals surface area contributed by atoms with Crippen LogP contribution in [0.15, 0.2) is 36.4 Å². The van der Waals surface area contributed by atoms with Crippen LogP contribution in [0.1, 0.15) is 17.0 Å². The number of imidazole rings is 1. The number of rotatable bonds is 2. The zero-order valence-corrected chi connectivity index (χ0v) is 13.2. The SMILES string of the molecule is Cc1ccc2nc(C(C#N)=Cc3ccc(Cl)cc3Cl)[nH]c2c1. The first kappa shape index (κ1) is 14.6. The molecule has 0 unspecified atom stereocenters. The van der Waals surface area contributed by atoms with Gasteiger partial charge in [0.2, 0.25) is 0 Å². The van der Waals surface area contributed by atoms with Crippen LogP contribution in [-0.2, 0) is 0 Å². The fraction of sp³-hybridized carbons (Fsp3) is 0.0588. The summed E-state index contributed by atoms with van der Waals surface area (Å²) in [7, 11) is 0. The second-order valence-electron chi connectivity index (χ2n) is 4.94. The van der Waals surface area contributed by atoms with Crippen molar-refractivity contribution in [2.75, 3.05) is 0 Å². The van der Waals surface area contributed by atoms with Crippen LogP contribution in [0.5, 0.6) is 0 Å². The number of aromatic nitrogens is 2. The summed E-state index contributed by atoms with van der Waals surface area (Å²) in [6.07, 6.45) is 1.70. The summed E-state index contributed by atoms with van der Waals surface area (Å²) in [5.41, 5.74) is 3.99. The minimum Gasteiger partial charge on any atom is -0.337 e. The molecule has 0 amide bonds. The molecule has 0 radical (unpaired) electrons. The van der Waals surface area contributed by atoms with E-state index in [1.165, 1.54) is 0 Å². The third kappa shape index (κ3) is 2.85. The Bertz CT molecular complexity index is 933. The first-order valence-electron chi connectivity index (χ1n) is 6.60. The molecule has 0 aliphatic rings. The summed E-state index contributed by atoms with van der Waals surface area (Å²) >= 11 is 12.0. The highest BCUT2D eigenvalue weighted by molar-refractivity contribution is 6.35. The number of halogens is 2. The van der Waals surface area contributed by atoms with Crippen molar-refractivity contribution in [2.24, 2.45) is 0 Å². The summed E-state index contributed by atoms with van der Waals surface area (Å²) in [5, 5.41) is 10.5. The Balaban J connectivity index is 2.09. The van der Waals surface area contributed by atoms with E-state index in [1.807, 2.05) is 25.1 Å². The number of nitriles is 1. The smallest absolute Gasteiger partial charge is 0.149 e. The van der Waals surface area contributed by atoms with Crippen molar-refractivity contribution in [3.05, 3.63) is 63.4 Å². The highest BCUT2D eigenvalue weighted by Gasteiger charge is 2.09. The van der Waals surface area contributed by atoms with Crippen LogP contribution in [0.4, 0.5) is 0 Å². The predicted molar refractivity (Wildman–Crippen MR) is 90.8 cm³/mol. The fourth-order valence-corrected chi connectivity index (χ4v) is 2.64. The van der Waals surface area contributed by atoms with Gasteiger partial charge in [-0.25, -0.2) is 4.98 Å². The summed E-state index contributed by atoms with van der Waals surface area (Å²) in [6.45, 7) is 2.01. The van der Waals surface area contributed by atoms with Crippen LogP contribution in [-0.4, -0.2) is 9.97 Å². The lowest BCUT2D eigenvalue weighted by Crippen LogP contribution is -1.85. The minimum absolute atomic E-state index is 0.415. The van der Waals surface area contributed by atoms with E-state index in [2.05, 4.69) is 16.0 Å². The maximum absolute atomic E-state index is 9.42. The Morgan fingerprint density at radius 1 is 1.23 bits per heavy atom. The number of hydrogen-bond donors (Lipinski definition) is 1. The number of H-pyrrole nitrogens is 1. The molecule has 22 heavy (non-hydrogen) atoms. The standard InChI is InChI=1S/C17H11Cl2N3/c1-10-2-5-15-16(6-10)22-17(21-15)12(9-20)7-11-3-4-13(18)8-14(11)19/h2-8H,1H3,(H,21,22). The number of benzene rings is 2. The second-order valence-corrected chi connectivity index (χ2v) is 5.79. The normalized spacial score (nSPS) is 11.6. The van der Waals surface area contributed by atoms with Crippen molar-refractivity contribution < 1.29 is 0 Å². The number of aryl methyl sites for hydroxylation is 1. The van der Waals surface area contributed by atoms with Crippen LogP contribution in [0.2, 0.25) is 10.0 Å². The van der Waals surface area contributed by atoms with Crippen LogP contribution < -0.4 is 0 Å². The van der Waals surface area contributed by atoms with Gasteiger partial charge in [0.1, 0.15) is 11.9 Å². The Labute approximate surface area is 137 Å². The third-order valence-electron chi connectivity index (χ3n) is 3.28. The molecule has 0 atom stereocenters. The van der Waals surface area contributed by atoms with E-state index in [9.17, 15) is 5.26 Å². The highest BCUT2D eigenvalue weighted by Crippen LogP contribution is 2.26. The predicted octanol–water partition coefficient (Wildman–Crippen LogP) is 5.24. The van der Waals surface area contributed by atoms with Crippen molar-refractivity contribution in [2.45, 2.75) is 6.92 Å². The van der Waals surface area contributed by atoms with E-state index in [0.717, 1.165) is 22.2 Å². The largest absolute Gasteiger partial charge is 0.337 e. The molecule has 0 fully saturated rings. The number of nitrogens with one attached hydrogen (secondary N) is 1. The van der Waals surface area contributed by atoms with Crippen molar-refractivity contribution in [3.8, 4) is 6.07 Å². The van der Waals surface area contributed by atoms with E-state index in [1.54, 1.807) is 24.3 Å². The molecule has 0 aliphatic heterocycles. The van der Waals surface area contributed by atoms with Gasteiger partial charge in [0, 0.05) is 10.0 Å². The van der Waals surface area contributed by atoms with Crippen LogP contribution >= 0.6 is 23.2 Å². The number of nitrogens with zero attached hydrogens (tertiary/aromatic N) is 2. The Morgan fingerprint density at radius 2 is 2.05 bits per heavy atom. The lowest BCUT2D eigenvalue weighted by molar-refractivity contribution is 1.27. The van der Waals surface area contributed by atoms with Gasteiger partial charge in [-0.1, -0.05) is 35.3 Å². The first-order valence-corrected chi connectivity index (χ1v) is 7.36. The van der Waals surface area contributed by atoms with Crippen LogP contribution in [0, 0.1) is 18.3 Å². The number of aromatic amines is 1. The molecule has 1 aromatic heterocycles. The van der Waals surface area contributed by atoms with Crippen LogP contribution in [0.25, 0.3) is 22.7 Å². The van der Waals surface area contributed by atoms with Gasteiger partial charge in [0.15, 0.2) is 0 Å². The molecule has 3 rings (SSSR count). The Morgan fingerprint density at radius 3 is 2.77 bits per heavy atom. The zero-order chi connectivity index (χ0) is 15.7. The molecule has 0 saturated carbocycles. The van der Waals surface area contributed by atoms with Gasteiger partial charge in [-0.3, -0.25) is 0 Å². The molecule has 0 aliphatic carbocycles. The van der Waals surface area contributed by atoms with Gasteiger partial charge in [0.05, 0.1) is 16.6 Å². The average molecular weight is 328 g/mol. The quantitative estimate of drug-likeness (QED) is 0.654. The first-order chi connectivity index (χ1) is 10.6.